The van der Waals surface area contributed by atoms with E-state index in [1.165, 1.54) is 0 Å². The summed E-state index contributed by atoms with van der Waals surface area (Å²) in [6.07, 6.45) is 1.43. The monoisotopic (exact) mass is 534 g/mol. The van der Waals surface area contributed by atoms with Crippen molar-refractivity contribution in [3.63, 3.8) is 0 Å². The first-order valence-electron chi connectivity index (χ1n) is 13.0. The molecular weight excluding hydrogens is 504 g/mol. The predicted molar refractivity (Wildman–Crippen MR) is 142 cm³/mol. The van der Waals surface area contributed by atoms with Gasteiger partial charge in [0.05, 0.1) is 13.2 Å². The molecule has 0 bridgehead atoms. The minimum atomic E-state index is -0.996. The van der Waals surface area contributed by atoms with Crippen molar-refractivity contribution in [2.24, 2.45) is 0 Å². The zero-order valence-electron chi connectivity index (χ0n) is 22.0. The largest absolute Gasteiger partial charge is 0.481 e. The SMILES string of the molecule is COc1ccc2ccc(=O)n(CCN[C@H]3CC[C@H]4[C@H](C3)OC(=O)N4c3ccc4c(n3)NC(=O)C(C)(C)O4)c2n1. The highest BCUT2D eigenvalue weighted by Crippen LogP contribution is 2.38. The third-order valence-corrected chi connectivity index (χ3v) is 7.56. The fourth-order valence-electron chi connectivity index (χ4n) is 5.48. The molecule has 12 heteroatoms. The lowest BCUT2D eigenvalue weighted by Gasteiger charge is -2.34. The lowest BCUT2D eigenvalue weighted by Crippen LogP contribution is -2.47. The van der Waals surface area contributed by atoms with Gasteiger partial charge in [-0.2, -0.15) is 4.98 Å². The van der Waals surface area contributed by atoms with Crippen LogP contribution in [0.4, 0.5) is 16.4 Å². The van der Waals surface area contributed by atoms with Gasteiger partial charge in [0.1, 0.15) is 17.6 Å². The van der Waals surface area contributed by atoms with Crippen molar-refractivity contribution in [3.05, 3.63) is 46.8 Å². The second kappa shape index (κ2) is 9.53. The van der Waals surface area contributed by atoms with Crippen molar-refractivity contribution >= 4 is 34.7 Å². The number of aromatic nitrogens is 3. The quantitative estimate of drug-likeness (QED) is 0.489. The molecule has 2 amide bonds. The van der Waals surface area contributed by atoms with Gasteiger partial charge >= 0.3 is 6.09 Å². The number of hydrogen-bond acceptors (Lipinski definition) is 9. The molecule has 3 aliphatic rings. The molecule has 3 atom stereocenters. The topological polar surface area (TPSA) is 137 Å². The molecule has 39 heavy (non-hydrogen) atoms. The third kappa shape index (κ3) is 4.54. The van der Waals surface area contributed by atoms with Gasteiger partial charge in [-0.15, -0.1) is 0 Å². The number of anilines is 2. The number of rotatable bonds is 6. The van der Waals surface area contributed by atoms with Crippen LogP contribution in [0, 0.1) is 0 Å². The first kappa shape index (κ1) is 25.1. The number of carbonyl (C=O) groups excluding carboxylic acids is 2. The molecule has 3 aromatic rings. The number of carbonyl (C=O) groups is 2. The van der Waals surface area contributed by atoms with E-state index in [-0.39, 0.29) is 29.7 Å². The molecule has 5 heterocycles. The predicted octanol–water partition coefficient (Wildman–Crippen LogP) is 2.45. The fraction of sp³-hybridized carbons (Fsp3) is 0.444. The van der Waals surface area contributed by atoms with E-state index in [9.17, 15) is 14.4 Å². The van der Waals surface area contributed by atoms with Crippen LogP contribution in [0.3, 0.4) is 0 Å². The van der Waals surface area contributed by atoms with Crippen molar-refractivity contribution in [1.29, 1.82) is 0 Å². The Labute approximate surface area is 224 Å². The van der Waals surface area contributed by atoms with E-state index in [1.54, 1.807) is 60.8 Å². The molecule has 0 unspecified atom stereocenters. The summed E-state index contributed by atoms with van der Waals surface area (Å²) in [4.78, 5) is 48.3. The highest BCUT2D eigenvalue weighted by Gasteiger charge is 2.47. The Hall–Kier alpha value is -4.19. The van der Waals surface area contributed by atoms with Gasteiger partial charge < -0.3 is 24.8 Å². The molecule has 0 aromatic carbocycles. The first-order chi connectivity index (χ1) is 18.7. The summed E-state index contributed by atoms with van der Waals surface area (Å²) < 4.78 is 18.4. The molecule has 3 aromatic heterocycles. The van der Waals surface area contributed by atoms with Gasteiger partial charge in [0.25, 0.3) is 11.5 Å². The summed E-state index contributed by atoms with van der Waals surface area (Å²) in [7, 11) is 1.54. The van der Waals surface area contributed by atoms with Crippen molar-refractivity contribution in [2.75, 3.05) is 23.9 Å². The van der Waals surface area contributed by atoms with Gasteiger partial charge in [0.15, 0.2) is 17.2 Å². The van der Waals surface area contributed by atoms with E-state index in [2.05, 4.69) is 20.6 Å². The van der Waals surface area contributed by atoms with E-state index < -0.39 is 11.7 Å². The van der Waals surface area contributed by atoms with Crippen LogP contribution in [0.2, 0.25) is 0 Å². The molecule has 2 N–H and O–H groups in total. The average Bonchev–Trinajstić information content (AvgIpc) is 3.24. The lowest BCUT2D eigenvalue weighted by molar-refractivity contribution is -0.129. The van der Waals surface area contributed by atoms with Crippen molar-refractivity contribution in [2.45, 2.75) is 63.4 Å². The van der Waals surface area contributed by atoms with E-state index >= 15 is 0 Å². The Balaban J connectivity index is 1.11. The van der Waals surface area contributed by atoms with Crippen LogP contribution in [0.25, 0.3) is 11.0 Å². The third-order valence-electron chi connectivity index (χ3n) is 7.56. The summed E-state index contributed by atoms with van der Waals surface area (Å²) in [6, 6.07) is 10.3. The molecule has 2 aliphatic heterocycles. The molecule has 204 valence electrons. The maximum absolute atomic E-state index is 12.9. The average molecular weight is 535 g/mol. The Bertz CT molecular complexity index is 1520. The number of fused-ring (bicyclic) bond motifs is 3. The normalized spacial score (nSPS) is 23.5. The van der Waals surface area contributed by atoms with Crippen LogP contribution in [0.15, 0.2) is 41.2 Å². The number of nitrogens with zero attached hydrogens (tertiary/aromatic N) is 4. The maximum atomic E-state index is 12.9. The minimum absolute atomic E-state index is 0.124. The van der Waals surface area contributed by atoms with Crippen molar-refractivity contribution in [3.8, 4) is 11.6 Å². The zero-order valence-corrected chi connectivity index (χ0v) is 22.0. The van der Waals surface area contributed by atoms with E-state index in [0.29, 0.717) is 48.4 Å². The van der Waals surface area contributed by atoms with Crippen LogP contribution in [0.1, 0.15) is 33.1 Å². The number of nitrogens with one attached hydrogen (secondary N) is 2. The number of pyridine rings is 3. The van der Waals surface area contributed by atoms with E-state index in [1.807, 2.05) is 6.07 Å². The maximum Gasteiger partial charge on any atom is 0.416 e. The Morgan fingerprint density at radius 2 is 1.92 bits per heavy atom. The minimum Gasteiger partial charge on any atom is -0.481 e. The highest BCUT2D eigenvalue weighted by atomic mass is 16.6. The molecular formula is C27H30N6O6. The number of amides is 2. The molecule has 6 rings (SSSR count). The molecule has 0 spiro atoms. The summed E-state index contributed by atoms with van der Waals surface area (Å²) in [6.45, 7) is 4.36. The van der Waals surface area contributed by atoms with Crippen LogP contribution >= 0.6 is 0 Å². The van der Waals surface area contributed by atoms with Gasteiger partial charge in [-0.05, 0) is 51.0 Å². The second-order valence-corrected chi connectivity index (χ2v) is 10.5. The molecule has 1 saturated heterocycles. The highest BCUT2D eigenvalue weighted by molar-refractivity contribution is 6.00. The lowest BCUT2D eigenvalue weighted by atomic mass is 9.88. The zero-order chi connectivity index (χ0) is 27.3. The molecule has 0 radical (unpaired) electrons. The first-order valence-corrected chi connectivity index (χ1v) is 13.0. The van der Waals surface area contributed by atoms with Crippen LogP contribution in [0.5, 0.6) is 11.6 Å². The van der Waals surface area contributed by atoms with Gasteiger partial charge in [-0.3, -0.25) is 19.1 Å². The Morgan fingerprint density at radius 3 is 2.74 bits per heavy atom. The van der Waals surface area contributed by atoms with Crippen molar-refractivity contribution in [1.82, 2.24) is 19.9 Å². The van der Waals surface area contributed by atoms with Crippen LogP contribution < -0.4 is 30.6 Å². The van der Waals surface area contributed by atoms with Gasteiger partial charge in [-0.1, -0.05) is 0 Å². The summed E-state index contributed by atoms with van der Waals surface area (Å²) >= 11 is 0. The molecule has 1 saturated carbocycles. The standard InChI is InChI=1S/C27H30N6O6/c1-27(2)25(35)31-23-18(39-27)8-9-20(29-23)33-17-7-6-16(14-19(17)38-26(33)36)28-12-13-32-22(34)11-5-15-4-10-21(37-3)30-24(15)32/h4-5,8-11,16-17,19,28H,6-7,12-14H2,1-3H3,(H,29,31,35)/t16-,17-,19-/m0/s1. The van der Waals surface area contributed by atoms with Gasteiger partial charge in [0.2, 0.25) is 5.88 Å². The van der Waals surface area contributed by atoms with Crippen LogP contribution in [-0.2, 0) is 16.1 Å². The van der Waals surface area contributed by atoms with Crippen molar-refractivity contribution < 1.29 is 23.8 Å². The Morgan fingerprint density at radius 1 is 1.10 bits per heavy atom. The summed E-state index contributed by atoms with van der Waals surface area (Å²) in [5, 5.41) is 7.14. The molecule has 2 fully saturated rings. The van der Waals surface area contributed by atoms with E-state index in [4.69, 9.17) is 14.2 Å². The fourth-order valence-corrected chi connectivity index (χ4v) is 5.48. The number of hydrogen-bond donors (Lipinski definition) is 2. The van der Waals surface area contributed by atoms with E-state index in [0.717, 1.165) is 18.2 Å². The molecule has 12 nitrogen and oxygen atoms in total. The number of methoxy groups -OCH3 is 1. The molecule has 1 aliphatic carbocycles. The smallest absolute Gasteiger partial charge is 0.416 e. The Kier molecular flexibility index (Phi) is 6.13. The van der Waals surface area contributed by atoms with Gasteiger partial charge in [-0.25, -0.2) is 9.78 Å². The second-order valence-electron chi connectivity index (χ2n) is 10.5. The van der Waals surface area contributed by atoms with Gasteiger partial charge in [0, 0.05) is 43.1 Å². The van der Waals surface area contributed by atoms with Crippen LogP contribution in [-0.4, -0.2) is 64.0 Å². The summed E-state index contributed by atoms with van der Waals surface area (Å²) in [5.41, 5.74) is -0.545. The number of ether oxygens (including phenoxy) is 3. The summed E-state index contributed by atoms with van der Waals surface area (Å²) in [5.74, 6) is 1.32.